The SMILES string of the molecule is CCc1ccc(Cc2cc(C3CC(OC(C)=O)CC(COC(C)=O)O3)cc(C3CC3)c2C)cc1. The van der Waals surface area contributed by atoms with Gasteiger partial charge in [-0.2, -0.15) is 0 Å². The largest absolute Gasteiger partial charge is 0.463 e. The van der Waals surface area contributed by atoms with Crippen molar-refractivity contribution in [1.82, 2.24) is 0 Å². The first-order valence-corrected chi connectivity index (χ1v) is 12.5. The molecule has 2 aliphatic rings. The molecule has 0 aromatic heterocycles. The van der Waals surface area contributed by atoms with E-state index in [1.807, 2.05) is 0 Å². The average Bonchev–Trinajstić information content (AvgIpc) is 3.64. The highest BCUT2D eigenvalue weighted by Crippen LogP contribution is 2.44. The zero-order valence-electron chi connectivity index (χ0n) is 20.8. The highest BCUT2D eigenvalue weighted by molar-refractivity contribution is 5.66. The van der Waals surface area contributed by atoms with Crippen molar-refractivity contribution in [3.8, 4) is 0 Å². The maximum Gasteiger partial charge on any atom is 0.302 e. The number of esters is 2. The lowest BCUT2D eigenvalue weighted by Gasteiger charge is -2.35. The Balaban J connectivity index is 1.62. The van der Waals surface area contributed by atoms with Gasteiger partial charge in [0.1, 0.15) is 12.7 Å². The molecular formula is C29H36O5. The fourth-order valence-corrected chi connectivity index (χ4v) is 4.96. The molecular weight excluding hydrogens is 428 g/mol. The second-order valence-corrected chi connectivity index (χ2v) is 9.77. The van der Waals surface area contributed by atoms with Crippen LogP contribution >= 0.6 is 0 Å². The standard InChI is InChI=1S/C29H36O5/c1-5-21-6-8-22(9-7-21)12-24-13-25(14-28(18(24)2)23-10-11-23)29-16-26(33-20(4)31)15-27(34-29)17-32-19(3)30/h6-9,13-14,23,26-27,29H,5,10-12,15-17H2,1-4H3. The van der Waals surface area contributed by atoms with Gasteiger partial charge in [0.25, 0.3) is 0 Å². The normalized spacial score (nSPS) is 22.3. The van der Waals surface area contributed by atoms with Gasteiger partial charge in [0.15, 0.2) is 0 Å². The van der Waals surface area contributed by atoms with Crippen molar-refractivity contribution in [3.63, 3.8) is 0 Å². The highest BCUT2D eigenvalue weighted by atomic mass is 16.6. The van der Waals surface area contributed by atoms with Gasteiger partial charge < -0.3 is 14.2 Å². The molecule has 0 radical (unpaired) electrons. The number of benzene rings is 2. The van der Waals surface area contributed by atoms with Crippen LogP contribution in [0.1, 0.15) is 91.9 Å². The molecule has 3 unspecified atom stereocenters. The Bertz CT molecular complexity index is 1020. The smallest absolute Gasteiger partial charge is 0.302 e. The third-order valence-corrected chi connectivity index (χ3v) is 6.96. The second kappa shape index (κ2) is 10.7. The van der Waals surface area contributed by atoms with E-state index >= 15 is 0 Å². The van der Waals surface area contributed by atoms with E-state index in [4.69, 9.17) is 14.2 Å². The summed E-state index contributed by atoms with van der Waals surface area (Å²) in [5.74, 6) is -0.0148. The molecule has 0 bridgehead atoms. The lowest BCUT2D eigenvalue weighted by Crippen LogP contribution is -2.37. The zero-order chi connectivity index (χ0) is 24.2. The molecule has 0 amide bonds. The van der Waals surface area contributed by atoms with Crippen molar-refractivity contribution in [2.45, 2.75) is 90.4 Å². The summed E-state index contributed by atoms with van der Waals surface area (Å²) >= 11 is 0. The first kappa shape index (κ1) is 24.5. The van der Waals surface area contributed by atoms with Gasteiger partial charge in [-0.25, -0.2) is 0 Å². The average molecular weight is 465 g/mol. The van der Waals surface area contributed by atoms with Crippen LogP contribution in [0.25, 0.3) is 0 Å². The van der Waals surface area contributed by atoms with Crippen LogP contribution in [-0.2, 0) is 36.6 Å². The number of rotatable bonds is 8. The van der Waals surface area contributed by atoms with Gasteiger partial charge in [0.05, 0.1) is 12.2 Å². The van der Waals surface area contributed by atoms with Crippen molar-refractivity contribution in [2.75, 3.05) is 6.61 Å². The fraction of sp³-hybridized carbons (Fsp3) is 0.517. The molecule has 1 saturated heterocycles. The summed E-state index contributed by atoms with van der Waals surface area (Å²) < 4.78 is 17.2. The van der Waals surface area contributed by atoms with E-state index < -0.39 is 0 Å². The van der Waals surface area contributed by atoms with Crippen LogP contribution in [0, 0.1) is 6.92 Å². The van der Waals surface area contributed by atoms with E-state index in [2.05, 4.69) is 50.2 Å². The van der Waals surface area contributed by atoms with Gasteiger partial charge in [-0.05, 0) is 71.9 Å². The van der Waals surface area contributed by atoms with Crippen LogP contribution in [0.2, 0.25) is 0 Å². The Kier molecular flexibility index (Phi) is 7.72. The third-order valence-electron chi connectivity index (χ3n) is 6.96. The first-order valence-electron chi connectivity index (χ1n) is 12.5. The molecule has 2 aromatic rings. The summed E-state index contributed by atoms with van der Waals surface area (Å²) in [6.45, 7) is 7.41. The minimum Gasteiger partial charge on any atom is -0.463 e. The van der Waals surface area contributed by atoms with Crippen molar-refractivity contribution >= 4 is 11.9 Å². The lowest BCUT2D eigenvalue weighted by atomic mass is 9.88. The van der Waals surface area contributed by atoms with E-state index in [0.29, 0.717) is 18.8 Å². The summed E-state index contributed by atoms with van der Waals surface area (Å²) in [6, 6.07) is 13.4. The summed E-state index contributed by atoms with van der Waals surface area (Å²) in [5.41, 5.74) is 7.87. The molecule has 182 valence electrons. The Hall–Kier alpha value is -2.66. The number of aryl methyl sites for hydroxylation is 1. The number of carbonyl (C=O) groups is 2. The molecule has 1 aliphatic heterocycles. The van der Waals surface area contributed by atoms with E-state index in [1.54, 1.807) is 0 Å². The van der Waals surface area contributed by atoms with E-state index in [9.17, 15) is 9.59 Å². The van der Waals surface area contributed by atoms with Crippen LogP contribution in [0.5, 0.6) is 0 Å². The molecule has 3 atom stereocenters. The molecule has 1 aliphatic carbocycles. The molecule has 5 nitrogen and oxygen atoms in total. The predicted molar refractivity (Wildman–Crippen MR) is 131 cm³/mol. The Morgan fingerprint density at radius 3 is 2.32 bits per heavy atom. The fourth-order valence-electron chi connectivity index (χ4n) is 4.96. The second-order valence-electron chi connectivity index (χ2n) is 9.77. The number of ether oxygens (including phenoxy) is 3. The molecule has 5 heteroatoms. The summed E-state index contributed by atoms with van der Waals surface area (Å²) in [6.07, 6.45) is 4.73. The van der Waals surface area contributed by atoms with E-state index in [1.165, 1.54) is 54.5 Å². The minimum atomic E-state index is -0.336. The van der Waals surface area contributed by atoms with Gasteiger partial charge in [-0.1, -0.05) is 43.3 Å². The molecule has 2 fully saturated rings. The summed E-state index contributed by atoms with van der Waals surface area (Å²) in [4.78, 5) is 23.0. The quantitative estimate of drug-likeness (QED) is 0.466. The van der Waals surface area contributed by atoms with Gasteiger partial charge in [-0.3, -0.25) is 9.59 Å². The minimum absolute atomic E-state index is 0.168. The van der Waals surface area contributed by atoms with Crippen molar-refractivity contribution < 1.29 is 23.8 Å². The molecule has 34 heavy (non-hydrogen) atoms. The molecule has 0 N–H and O–H groups in total. The van der Waals surface area contributed by atoms with Crippen molar-refractivity contribution in [3.05, 3.63) is 69.8 Å². The number of hydrogen-bond acceptors (Lipinski definition) is 5. The van der Waals surface area contributed by atoms with Gasteiger partial charge >= 0.3 is 11.9 Å². The topological polar surface area (TPSA) is 61.8 Å². The van der Waals surface area contributed by atoms with Gasteiger partial charge in [0, 0.05) is 26.7 Å². The number of carbonyl (C=O) groups excluding carboxylic acids is 2. The third kappa shape index (κ3) is 6.26. The predicted octanol–water partition coefficient (Wildman–Crippen LogP) is 5.74. The van der Waals surface area contributed by atoms with Crippen LogP contribution in [0.3, 0.4) is 0 Å². The van der Waals surface area contributed by atoms with Crippen molar-refractivity contribution in [1.29, 1.82) is 0 Å². The molecule has 1 saturated carbocycles. The molecule has 0 spiro atoms. The monoisotopic (exact) mass is 464 g/mol. The Morgan fingerprint density at radius 1 is 1.00 bits per heavy atom. The van der Waals surface area contributed by atoms with E-state index in [-0.39, 0.29) is 36.9 Å². The van der Waals surface area contributed by atoms with Crippen LogP contribution in [0.15, 0.2) is 36.4 Å². The van der Waals surface area contributed by atoms with Gasteiger partial charge in [-0.15, -0.1) is 0 Å². The first-order chi connectivity index (χ1) is 16.3. The van der Waals surface area contributed by atoms with Gasteiger partial charge in [0.2, 0.25) is 0 Å². The maximum atomic E-state index is 11.7. The Labute approximate surface area is 202 Å². The summed E-state index contributed by atoms with van der Waals surface area (Å²) in [5, 5.41) is 0. The summed E-state index contributed by atoms with van der Waals surface area (Å²) in [7, 11) is 0. The lowest BCUT2D eigenvalue weighted by molar-refractivity contribution is -0.169. The maximum absolute atomic E-state index is 11.7. The molecule has 4 rings (SSSR count). The molecule has 1 heterocycles. The van der Waals surface area contributed by atoms with Crippen LogP contribution in [0.4, 0.5) is 0 Å². The Morgan fingerprint density at radius 2 is 1.71 bits per heavy atom. The van der Waals surface area contributed by atoms with Crippen LogP contribution < -0.4 is 0 Å². The van der Waals surface area contributed by atoms with Crippen molar-refractivity contribution in [2.24, 2.45) is 0 Å². The highest BCUT2D eigenvalue weighted by Gasteiger charge is 2.34. The molecule has 2 aromatic carbocycles. The number of hydrogen-bond donors (Lipinski definition) is 0. The zero-order valence-corrected chi connectivity index (χ0v) is 20.8. The van der Waals surface area contributed by atoms with E-state index in [0.717, 1.165) is 18.4 Å². The van der Waals surface area contributed by atoms with Crippen LogP contribution in [-0.4, -0.2) is 30.8 Å².